The van der Waals surface area contributed by atoms with Crippen LogP contribution in [0.15, 0.2) is 36.4 Å². The summed E-state index contributed by atoms with van der Waals surface area (Å²) in [6.07, 6.45) is 1.02. The van der Waals surface area contributed by atoms with Crippen molar-refractivity contribution in [2.45, 2.75) is 26.7 Å². The Kier molecular flexibility index (Phi) is 6.31. The number of hydrogen-bond donors (Lipinski definition) is 1. The Hall–Kier alpha value is -1.71. The van der Waals surface area contributed by atoms with Crippen molar-refractivity contribution >= 4 is 34.8 Å². The van der Waals surface area contributed by atoms with Crippen LogP contribution < -0.4 is 10.1 Å². The Morgan fingerprint density at radius 3 is 2.57 bits per heavy atom. The molecule has 1 N–H and O–H groups in total. The molecule has 0 radical (unpaired) electrons. The van der Waals surface area contributed by atoms with E-state index in [0.717, 1.165) is 11.3 Å². The summed E-state index contributed by atoms with van der Waals surface area (Å²) in [6.45, 7) is 4.56. The number of carbonyl (C=O) groups is 1. The molecular formula is C18H19Cl2NO2. The van der Waals surface area contributed by atoms with Crippen LogP contribution in [0.3, 0.4) is 0 Å². The molecule has 0 aliphatic heterocycles. The third-order valence-corrected chi connectivity index (χ3v) is 4.08. The number of anilines is 1. The smallest absolute Gasteiger partial charge is 0.224 e. The second kappa shape index (κ2) is 8.23. The molecule has 0 bridgehead atoms. The van der Waals surface area contributed by atoms with Crippen molar-refractivity contribution in [3.05, 3.63) is 57.6 Å². The fourth-order valence-corrected chi connectivity index (χ4v) is 2.47. The highest BCUT2D eigenvalue weighted by Gasteiger charge is 2.05. The molecule has 0 fully saturated rings. The first-order valence-corrected chi connectivity index (χ1v) is 8.16. The predicted octanol–water partition coefficient (Wildman–Crippen LogP) is 5.41. The summed E-state index contributed by atoms with van der Waals surface area (Å²) in [5.74, 6) is 0.785. The van der Waals surface area contributed by atoms with Crippen LogP contribution in [0.25, 0.3) is 0 Å². The first-order chi connectivity index (χ1) is 11.0. The summed E-state index contributed by atoms with van der Waals surface area (Å²) in [5.41, 5.74) is 2.95. The average Bonchev–Trinajstić information content (AvgIpc) is 2.49. The number of carbonyl (C=O) groups excluding carboxylic acids is 1. The zero-order valence-electron chi connectivity index (χ0n) is 13.2. The molecule has 0 atom stereocenters. The molecule has 0 heterocycles. The summed E-state index contributed by atoms with van der Waals surface area (Å²) in [7, 11) is 0. The van der Waals surface area contributed by atoms with E-state index in [1.54, 1.807) is 18.2 Å². The molecule has 23 heavy (non-hydrogen) atoms. The molecule has 0 saturated heterocycles. The molecular weight excluding hydrogens is 333 g/mol. The van der Waals surface area contributed by atoms with Crippen LogP contribution in [0.5, 0.6) is 5.75 Å². The Bertz CT molecular complexity index is 701. The van der Waals surface area contributed by atoms with Crippen molar-refractivity contribution in [3.8, 4) is 5.75 Å². The number of amides is 1. The van der Waals surface area contributed by atoms with E-state index < -0.39 is 0 Å². The Labute approximate surface area is 146 Å². The van der Waals surface area contributed by atoms with E-state index >= 15 is 0 Å². The van der Waals surface area contributed by atoms with Crippen LogP contribution >= 0.6 is 23.2 Å². The van der Waals surface area contributed by atoms with Gasteiger partial charge < -0.3 is 10.1 Å². The zero-order chi connectivity index (χ0) is 16.8. The quantitative estimate of drug-likeness (QED) is 0.706. The summed E-state index contributed by atoms with van der Waals surface area (Å²) in [5, 5.41) is 3.67. The summed E-state index contributed by atoms with van der Waals surface area (Å²) in [6, 6.07) is 11.1. The van der Waals surface area contributed by atoms with Gasteiger partial charge in [0.15, 0.2) is 0 Å². The highest BCUT2D eigenvalue weighted by molar-refractivity contribution is 6.42. The Balaban J connectivity index is 1.75. The van der Waals surface area contributed by atoms with Crippen molar-refractivity contribution in [1.82, 2.24) is 0 Å². The minimum absolute atomic E-state index is 0.0763. The van der Waals surface area contributed by atoms with Gasteiger partial charge in [0.1, 0.15) is 5.75 Å². The van der Waals surface area contributed by atoms with Gasteiger partial charge in [0.2, 0.25) is 5.91 Å². The normalized spacial score (nSPS) is 10.4. The summed E-state index contributed by atoms with van der Waals surface area (Å²) < 4.78 is 5.71. The topological polar surface area (TPSA) is 38.3 Å². The van der Waals surface area contributed by atoms with Gasteiger partial charge in [-0.2, -0.15) is 0 Å². The second-order valence-corrected chi connectivity index (χ2v) is 6.21. The van der Waals surface area contributed by atoms with Crippen molar-refractivity contribution in [2.75, 3.05) is 11.9 Å². The lowest BCUT2D eigenvalue weighted by atomic mass is 10.1. The molecule has 2 aromatic carbocycles. The third-order valence-electron chi connectivity index (χ3n) is 3.34. The van der Waals surface area contributed by atoms with Gasteiger partial charge in [0, 0.05) is 12.1 Å². The lowest BCUT2D eigenvalue weighted by Gasteiger charge is -2.10. The lowest BCUT2D eigenvalue weighted by Crippen LogP contribution is -2.12. The molecule has 0 aromatic heterocycles. The van der Waals surface area contributed by atoms with E-state index in [0.29, 0.717) is 35.2 Å². The lowest BCUT2D eigenvalue weighted by molar-refractivity contribution is -0.116. The molecule has 122 valence electrons. The molecule has 0 aliphatic carbocycles. The maximum absolute atomic E-state index is 11.9. The number of benzene rings is 2. The number of halogens is 2. The number of rotatable bonds is 6. The molecule has 5 heteroatoms. The van der Waals surface area contributed by atoms with Crippen LogP contribution in [0.2, 0.25) is 10.0 Å². The van der Waals surface area contributed by atoms with Gasteiger partial charge in [-0.3, -0.25) is 4.79 Å². The van der Waals surface area contributed by atoms with Gasteiger partial charge in [0.05, 0.1) is 16.7 Å². The molecule has 3 nitrogen and oxygen atoms in total. The molecule has 0 aliphatic rings. The fraction of sp³-hybridized carbons (Fsp3) is 0.278. The van der Waals surface area contributed by atoms with Gasteiger partial charge in [-0.25, -0.2) is 0 Å². The first-order valence-electron chi connectivity index (χ1n) is 7.40. The monoisotopic (exact) mass is 351 g/mol. The van der Waals surface area contributed by atoms with E-state index in [2.05, 4.69) is 11.4 Å². The highest BCUT2D eigenvalue weighted by Crippen LogP contribution is 2.25. The van der Waals surface area contributed by atoms with E-state index in [1.807, 2.05) is 26.0 Å². The molecule has 1 amide bonds. The number of aryl methyl sites for hydroxylation is 2. The van der Waals surface area contributed by atoms with Crippen LogP contribution in [-0.4, -0.2) is 12.5 Å². The third kappa shape index (κ3) is 5.45. The van der Waals surface area contributed by atoms with Crippen LogP contribution in [-0.2, 0) is 4.79 Å². The number of ether oxygens (including phenoxy) is 1. The van der Waals surface area contributed by atoms with Crippen LogP contribution in [0.4, 0.5) is 5.69 Å². The Morgan fingerprint density at radius 1 is 1.09 bits per heavy atom. The standard InChI is InChI=1S/C18H19Cl2NO2/c1-12-5-8-17(13(2)10-12)23-9-3-4-18(22)21-14-6-7-15(19)16(20)11-14/h5-8,10-11H,3-4,9H2,1-2H3,(H,21,22). The SMILES string of the molecule is Cc1ccc(OCCCC(=O)Nc2ccc(Cl)c(Cl)c2)c(C)c1. The minimum Gasteiger partial charge on any atom is -0.493 e. The summed E-state index contributed by atoms with van der Waals surface area (Å²) >= 11 is 11.8. The maximum Gasteiger partial charge on any atom is 0.224 e. The van der Waals surface area contributed by atoms with Crippen molar-refractivity contribution in [3.63, 3.8) is 0 Å². The summed E-state index contributed by atoms with van der Waals surface area (Å²) in [4.78, 5) is 11.9. The van der Waals surface area contributed by atoms with E-state index in [1.165, 1.54) is 5.56 Å². The number of nitrogens with one attached hydrogen (secondary N) is 1. The fourth-order valence-electron chi connectivity index (χ4n) is 2.17. The highest BCUT2D eigenvalue weighted by atomic mass is 35.5. The van der Waals surface area contributed by atoms with E-state index in [-0.39, 0.29) is 5.91 Å². The van der Waals surface area contributed by atoms with E-state index in [4.69, 9.17) is 27.9 Å². The molecule has 0 spiro atoms. The predicted molar refractivity (Wildman–Crippen MR) is 95.7 cm³/mol. The van der Waals surface area contributed by atoms with Crippen molar-refractivity contribution < 1.29 is 9.53 Å². The number of hydrogen-bond acceptors (Lipinski definition) is 2. The zero-order valence-corrected chi connectivity index (χ0v) is 14.7. The second-order valence-electron chi connectivity index (χ2n) is 5.40. The Morgan fingerprint density at radius 2 is 1.87 bits per heavy atom. The molecule has 0 saturated carbocycles. The molecule has 0 unspecified atom stereocenters. The average molecular weight is 352 g/mol. The van der Waals surface area contributed by atoms with Crippen molar-refractivity contribution in [2.24, 2.45) is 0 Å². The minimum atomic E-state index is -0.0763. The molecule has 2 aromatic rings. The first kappa shape index (κ1) is 17.6. The van der Waals surface area contributed by atoms with Gasteiger partial charge in [-0.1, -0.05) is 40.9 Å². The van der Waals surface area contributed by atoms with E-state index in [9.17, 15) is 4.79 Å². The van der Waals surface area contributed by atoms with Gasteiger partial charge >= 0.3 is 0 Å². The van der Waals surface area contributed by atoms with Crippen molar-refractivity contribution in [1.29, 1.82) is 0 Å². The maximum atomic E-state index is 11.9. The van der Waals surface area contributed by atoms with Crippen LogP contribution in [0, 0.1) is 13.8 Å². The van der Waals surface area contributed by atoms with Gasteiger partial charge in [0.25, 0.3) is 0 Å². The van der Waals surface area contributed by atoms with Crippen LogP contribution in [0.1, 0.15) is 24.0 Å². The molecule has 2 rings (SSSR count). The van der Waals surface area contributed by atoms with Gasteiger partial charge in [-0.05, 0) is 50.1 Å². The largest absolute Gasteiger partial charge is 0.493 e. The van der Waals surface area contributed by atoms with Gasteiger partial charge in [-0.15, -0.1) is 0 Å².